The van der Waals surface area contributed by atoms with Crippen molar-refractivity contribution in [1.29, 1.82) is 0 Å². The molecule has 29 heavy (non-hydrogen) atoms. The normalized spacial score (nSPS) is 15.7. The topological polar surface area (TPSA) is 46.9 Å². The molecule has 1 atom stereocenters. The van der Waals surface area contributed by atoms with Crippen molar-refractivity contribution >= 4 is 12.0 Å². The second-order valence-electron chi connectivity index (χ2n) is 7.84. The lowest BCUT2D eigenvalue weighted by atomic mass is 10.1. The van der Waals surface area contributed by atoms with Crippen molar-refractivity contribution in [3.05, 3.63) is 88.0 Å². The van der Waals surface area contributed by atoms with E-state index in [-0.39, 0.29) is 11.9 Å². The zero-order valence-corrected chi connectivity index (χ0v) is 17.5. The number of aromatic nitrogens is 2. The van der Waals surface area contributed by atoms with Crippen LogP contribution in [0.15, 0.2) is 48.5 Å². The van der Waals surface area contributed by atoms with Gasteiger partial charge in [-0.15, -0.1) is 0 Å². The summed E-state index contributed by atoms with van der Waals surface area (Å²) < 4.78 is 2.18. The number of fused-ring (bicyclic) bond motifs is 1. The SMILES string of the molecule is Cc1cc(/C=C/C(=O)NC2CCc3ccccc32)ccc1-n1c(C)nc(C)c1C. The lowest BCUT2D eigenvalue weighted by molar-refractivity contribution is -0.117. The van der Waals surface area contributed by atoms with Gasteiger partial charge in [0.2, 0.25) is 5.91 Å². The Morgan fingerprint density at radius 2 is 1.93 bits per heavy atom. The van der Waals surface area contributed by atoms with E-state index in [4.69, 9.17) is 0 Å². The predicted molar refractivity (Wildman–Crippen MR) is 117 cm³/mol. The quantitative estimate of drug-likeness (QED) is 0.648. The Labute approximate surface area is 172 Å². The van der Waals surface area contributed by atoms with Crippen LogP contribution in [0.2, 0.25) is 0 Å². The minimum Gasteiger partial charge on any atom is -0.346 e. The summed E-state index contributed by atoms with van der Waals surface area (Å²) in [7, 11) is 0. The first kappa shape index (κ1) is 19.2. The van der Waals surface area contributed by atoms with Gasteiger partial charge in [0, 0.05) is 17.5 Å². The zero-order valence-electron chi connectivity index (χ0n) is 17.5. The van der Waals surface area contributed by atoms with E-state index >= 15 is 0 Å². The van der Waals surface area contributed by atoms with E-state index in [9.17, 15) is 4.79 Å². The van der Waals surface area contributed by atoms with Crippen molar-refractivity contribution in [2.45, 2.75) is 46.6 Å². The first-order valence-electron chi connectivity index (χ1n) is 10.1. The van der Waals surface area contributed by atoms with Crippen LogP contribution >= 0.6 is 0 Å². The van der Waals surface area contributed by atoms with Gasteiger partial charge in [0.05, 0.1) is 11.7 Å². The molecule has 4 rings (SSSR count). The number of carbonyl (C=O) groups excluding carboxylic acids is 1. The molecule has 0 fully saturated rings. The Kier molecular flexibility index (Phi) is 5.10. The second-order valence-corrected chi connectivity index (χ2v) is 7.84. The maximum atomic E-state index is 12.4. The van der Waals surface area contributed by atoms with Crippen LogP contribution in [-0.2, 0) is 11.2 Å². The number of nitrogens with zero attached hydrogens (tertiary/aromatic N) is 2. The molecule has 2 aromatic carbocycles. The number of imidazole rings is 1. The number of hydrogen-bond donors (Lipinski definition) is 1. The lowest BCUT2D eigenvalue weighted by Crippen LogP contribution is -2.25. The van der Waals surface area contributed by atoms with Crippen LogP contribution in [0.3, 0.4) is 0 Å². The molecule has 0 saturated heterocycles. The summed E-state index contributed by atoms with van der Waals surface area (Å²) in [6, 6.07) is 14.7. The Morgan fingerprint density at radius 1 is 1.14 bits per heavy atom. The number of hydrogen-bond acceptors (Lipinski definition) is 2. The van der Waals surface area contributed by atoms with E-state index in [0.717, 1.165) is 46.9 Å². The highest BCUT2D eigenvalue weighted by atomic mass is 16.1. The summed E-state index contributed by atoms with van der Waals surface area (Å²) >= 11 is 0. The molecule has 1 aromatic heterocycles. The second kappa shape index (κ2) is 7.70. The summed E-state index contributed by atoms with van der Waals surface area (Å²) in [5, 5.41) is 3.14. The van der Waals surface area contributed by atoms with Gasteiger partial charge < -0.3 is 9.88 Å². The van der Waals surface area contributed by atoms with E-state index in [1.807, 2.05) is 32.1 Å². The summed E-state index contributed by atoms with van der Waals surface area (Å²) in [6.45, 7) is 8.25. The van der Waals surface area contributed by atoms with Crippen molar-refractivity contribution in [3.8, 4) is 5.69 Å². The van der Waals surface area contributed by atoms with E-state index in [1.54, 1.807) is 6.08 Å². The van der Waals surface area contributed by atoms with Crippen LogP contribution in [-0.4, -0.2) is 15.5 Å². The highest BCUT2D eigenvalue weighted by Gasteiger charge is 2.22. The minimum atomic E-state index is -0.0506. The Bertz CT molecular complexity index is 1110. The summed E-state index contributed by atoms with van der Waals surface area (Å²) in [5.74, 6) is 0.938. The third-order valence-corrected chi connectivity index (χ3v) is 5.85. The van der Waals surface area contributed by atoms with E-state index in [2.05, 4.69) is 59.0 Å². The average Bonchev–Trinajstić information content (AvgIpc) is 3.21. The average molecular weight is 386 g/mol. The van der Waals surface area contributed by atoms with Gasteiger partial charge in [0.15, 0.2) is 0 Å². The molecule has 0 saturated carbocycles. The molecule has 1 aliphatic carbocycles. The Hall–Kier alpha value is -3.14. The molecule has 1 unspecified atom stereocenters. The number of nitrogens with one attached hydrogen (secondary N) is 1. The summed E-state index contributed by atoms with van der Waals surface area (Å²) in [6.07, 6.45) is 5.51. The molecule has 1 amide bonds. The van der Waals surface area contributed by atoms with E-state index in [0.29, 0.717) is 0 Å². The molecule has 4 nitrogen and oxygen atoms in total. The molecule has 1 heterocycles. The molecule has 3 aromatic rings. The molecule has 0 bridgehead atoms. The number of benzene rings is 2. The largest absolute Gasteiger partial charge is 0.346 e. The number of carbonyl (C=O) groups is 1. The van der Waals surface area contributed by atoms with Crippen molar-refractivity contribution in [2.75, 3.05) is 0 Å². The predicted octanol–water partition coefficient (Wildman–Crippen LogP) is 4.92. The lowest BCUT2D eigenvalue weighted by Gasteiger charge is -2.13. The molecule has 0 spiro atoms. The van der Waals surface area contributed by atoms with Gasteiger partial charge in [-0.1, -0.05) is 30.3 Å². The highest BCUT2D eigenvalue weighted by molar-refractivity contribution is 5.92. The third-order valence-electron chi connectivity index (χ3n) is 5.85. The van der Waals surface area contributed by atoms with Crippen molar-refractivity contribution < 1.29 is 4.79 Å². The zero-order chi connectivity index (χ0) is 20.5. The Morgan fingerprint density at radius 3 is 2.66 bits per heavy atom. The summed E-state index contributed by atoms with van der Waals surface area (Å²) in [4.78, 5) is 17.0. The van der Waals surface area contributed by atoms with Crippen LogP contribution in [0.25, 0.3) is 11.8 Å². The van der Waals surface area contributed by atoms with Gasteiger partial charge in [-0.2, -0.15) is 0 Å². The van der Waals surface area contributed by atoms with Crippen LogP contribution in [0, 0.1) is 27.7 Å². The molecular formula is C25H27N3O. The number of amides is 1. The van der Waals surface area contributed by atoms with Gasteiger partial charge >= 0.3 is 0 Å². The monoisotopic (exact) mass is 385 g/mol. The van der Waals surface area contributed by atoms with Gasteiger partial charge in [-0.25, -0.2) is 4.98 Å². The van der Waals surface area contributed by atoms with E-state index in [1.165, 1.54) is 11.1 Å². The minimum absolute atomic E-state index is 0.0506. The molecule has 0 aliphatic heterocycles. The molecular weight excluding hydrogens is 358 g/mol. The molecule has 1 aliphatic rings. The van der Waals surface area contributed by atoms with Crippen molar-refractivity contribution in [3.63, 3.8) is 0 Å². The fourth-order valence-electron chi connectivity index (χ4n) is 4.27. The maximum Gasteiger partial charge on any atom is 0.244 e. The standard InChI is InChI=1S/C25H27N3O/c1-16-15-20(9-13-24(16)28-18(3)17(2)26-19(28)4)10-14-25(29)27-23-12-11-21-7-5-6-8-22(21)23/h5-10,13-15,23H,11-12H2,1-4H3,(H,27,29)/b14-10+. The van der Waals surface area contributed by atoms with Gasteiger partial charge in [0.1, 0.15) is 5.82 Å². The first-order chi connectivity index (χ1) is 13.9. The molecule has 4 heteroatoms. The third kappa shape index (κ3) is 3.75. The molecule has 148 valence electrons. The van der Waals surface area contributed by atoms with Crippen molar-refractivity contribution in [2.24, 2.45) is 0 Å². The molecule has 0 radical (unpaired) electrons. The fourth-order valence-corrected chi connectivity index (χ4v) is 4.27. The van der Waals surface area contributed by atoms with Crippen LogP contribution in [0.4, 0.5) is 0 Å². The van der Waals surface area contributed by atoms with E-state index < -0.39 is 0 Å². The van der Waals surface area contributed by atoms with Gasteiger partial charge in [0.25, 0.3) is 0 Å². The Balaban J connectivity index is 1.48. The molecule has 1 N–H and O–H groups in total. The highest BCUT2D eigenvalue weighted by Crippen LogP contribution is 2.30. The number of rotatable bonds is 4. The number of aryl methyl sites for hydroxylation is 4. The van der Waals surface area contributed by atoms with Crippen LogP contribution < -0.4 is 5.32 Å². The first-order valence-corrected chi connectivity index (χ1v) is 10.1. The summed E-state index contributed by atoms with van der Waals surface area (Å²) in [5.41, 5.74) is 8.09. The van der Waals surface area contributed by atoms with Crippen LogP contribution in [0.5, 0.6) is 0 Å². The van der Waals surface area contributed by atoms with Gasteiger partial charge in [-0.05, 0) is 81.0 Å². The smallest absolute Gasteiger partial charge is 0.244 e. The van der Waals surface area contributed by atoms with Crippen LogP contribution in [0.1, 0.15) is 51.9 Å². The fraction of sp³-hybridized carbons (Fsp3) is 0.280. The van der Waals surface area contributed by atoms with Gasteiger partial charge in [-0.3, -0.25) is 4.79 Å². The van der Waals surface area contributed by atoms with Crippen molar-refractivity contribution in [1.82, 2.24) is 14.9 Å². The maximum absolute atomic E-state index is 12.4.